The maximum atomic E-state index is 13.3. The zero-order valence-corrected chi connectivity index (χ0v) is 12.1. The molecule has 5 nitrogen and oxygen atoms in total. The maximum Gasteiger partial charge on any atom is 0.255 e. The minimum absolute atomic E-state index is 0.285. The average molecular weight is 316 g/mol. The van der Waals surface area contributed by atoms with Crippen LogP contribution in [-0.2, 0) is 10.0 Å². The SMILES string of the molecule is CC1=CCN(C(=O)c2cc(F)c(F)cc2S(N)(=O)=O)CC1. The number of nitrogens with two attached hydrogens (primary N) is 1. The van der Waals surface area contributed by atoms with Crippen molar-refractivity contribution in [3.05, 3.63) is 41.0 Å². The van der Waals surface area contributed by atoms with Crippen molar-refractivity contribution in [2.45, 2.75) is 18.2 Å². The molecule has 1 aliphatic rings. The highest BCUT2D eigenvalue weighted by Gasteiger charge is 2.26. The number of benzene rings is 1. The van der Waals surface area contributed by atoms with Crippen molar-refractivity contribution in [2.24, 2.45) is 5.14 Å². The van der Waals surface area contributed by atoms with E-state index in [9.17, 15) is 22.0 Å². The first-order valence-electron chi connectivity index (χ1n) is 6.17. The fourth-order valence-electron chi connectivity index (χ4n) is 2.06. The van der Waals surface area contributed by atoms with Crippen LogP contribution in [0.25, 0.3) is 0 Å². The van der Waals surface area contributed by atoms with E-state index in [2.05, 4.69) is 0 Å². The summed E-state index contributed by atoms with van der Waals surface area (Å²) in [5.41, 5.74) is 0.653. The van der Waals surface area contributed by atoms with Gasteiger partial charge in [-0.15, -0.1) is 0 Å². The Morgan fingerprint density at radius 3 is 2.43 bits per heavy atom. The molecule has 0 unspecified atom stereocenters. The van der Waals surface area contributed by atoms with Crippen LogP contribution in [-0.4, -0.2) is 32.3 Å². The molecular weight excluding hydrogens is 302 g/mol. The molecule has 2 rings (SSSR count). The van der Waals surface area contributed by atoms with E-state index in [-0.39, 0.29) is 6.54 Å². The highest BCUT2D eigenvalue weighted by atomic mass is 32.2. The predicted octanol–water partition coefficient (Wildman–Crippen LogP) is 1.40. The molecule has 0 atom stereocenters. The summed E-state index contributed by atoms with van der Waals surface area (Å²) in [5, 5.41) is 4.97. The van der Waals surface area contributed by atoms with E-state index in [0.29, 0.717) is 25.1 Å². The van der Waals surface area contributed by atoms with E-state index in [4.69, 9.17) is 5.14 Å². The number of nitrogens with zero attached hydrogens (tertiary/aromatic N) is 1. The van der Waals surface area contributed by atoms with Crippen LogP contribution in [0.15, 0.2) is 28.7 Å². The molecule has 1 amide bonds. The summed E-state index contributed by atoms with van der Waals surface area (Å²) in [4.78, 5) is 13.0. The van der Waals surface area contributed by atoms with Crippen molar-refractivity contribution in [3.8, 4) is 0 Å². The molecule has 0 aliphatic carbocycles. The largest absolute Gasteiger partial charge is 0.335 e. The minimum atomic E-state index is -4.34. The van der Waals surface area contributed by atoms with Gasteiger partial charge in [0.05, 0.1) is 10.5 Å². The third kappa shape index (κ3) is 3.27. The second kappa shape index (κ2) is 5.53. The summed E-state index contributed by atoms with van der Waals surface area (Å²) in [6, 6.07) is 1.01. The number of rotatable bonds is 2. The number of carbonyl (C=O) groups excluding carboxylic acids is 1. The Bertz CT molecular complexity index is 729. The van der Waals surface area contributed by atoms with E-state index in [1.165, 1.54) is 4.90 Å². The van der Waals surface area contributed by atoms with Crippen LogP contribution in [0.3, 0.4) is 0 Å². The quantitative estimate of drug-likeness (QED) is 0.838. The number of hydrogen-bond acceptors (Lipinski definition) is 3. The summed E-state index contributed by atoms with van der Waals surface area (Å²) < 4.78 is 49.5. The molecule has 1 aromatic carbocycles. The van der Waals surface area contributed by atoms with Gasteiger partial charge in [-0.25, -0.2) is 22.3 Å². The fraction of sp³-hybridized carbons (Fsp3) is 0.308. The Labute approximate surface area is 121 Å². The lowest BCUT2D eigenvalue weighted by Crippen LogP contribution is -2.36. The molecule has 0 bridgehead atoms. The maximum absolute atomic E-state index is 13.3. The molecule has 1 aliphatic heterocycles. The summed E-state index contributed by atoms with van der Waals surface area (Å²) in [5.74, 6) is -3.36. The van der Waals surface area contributed by atoms with Gasteiger partial charge in [-0.2, -0.15) is 0 Å². The number of halogens is 2. The molecule has 1 heterocycles. The topological polar surface area (TPSA) is 80.5 Å². The lowest BCUT2D eigenvalue weighted by molar-refractivity contribution is 0.0764. The van der Waals surface area contributed by atoms with Gasteiger partial charge >= 0.3 is 0 Å². The van der Waals surface area contributed by atoms with Gasteiger partial charge in [-0.1, -0.05) is 11.6 Å². The van der Waals surface area contributed by atoms with Crippen LogP contribution in [0.1, 0.15) is 23.7 Å². The first-order valence-corrected chi connectivity index (χ1v) is 7.71. The lowest BCUT2D eigenvalue weighted by atomic mass is 10.1. The standard InChI is InChI=1S/C13H14F2N2O3S/c1-8-2-4-17(5-3-8)13(18)9-6-10(14)11(15)7-12(9)21(16,19)20/h2,6-7H,3-5H2,1H3,(H2,16,19,20). The highest BCUT2D eigenvalue weighted by molar-refractivity contribution is 7.89. The van der Waals surface area contributed by atoms with Crippen LogP contribution < -0.4 is 5.14 Å². The molecule has 0 fully saturated rings. The zero-order valence-electron chi connectivity index (χ0n) is 11.3. The van der Waals surface area contributed by atoms with E-state index in [1.54, 1.807) is 0 Å². The van der Waals surface area contributed by atoms with Gasteiger partial charge in [0, 0.05) is 13.1 Å². The second-order valence-electron chi connectivity index (χ2n) is 4.86. The number of carbonyl (C=O) groups is 1. The molecule has 2 N–H and O–H groups in total. The first kappa shape index (κ1) is 15.6. The molecular formula is C13H14F2N2O3S. The van der Waals surface area contributed by atoms with Crippen LogP contribution in [0, 0.1) is 11.6 Å². The third-order valence-corrected chi connectivity index (χ3v) is 4.23. The molecule has 0 aromatic heterocycles. The van der Waals surface area contributed by atoms with Gasteiger partial charge in [0.25, 0.3) is 5.91 Å². The van der Waals surface area contributed by atoms with Gasteiger partial charge in [0.1, 0.15) is 0 Å². The smallest absolute Gasteiger partial charge is 0.255 e. The number of hydrogen-bond donors (Lipinski definition) is 1. The molecule has 0 radical (unpaired) electrons. The molecule has 0 saturated heterocycles. The summed E-state index contributed by atoms with van der Waals surface area (Å²) >= 11 is 0. The summed E-state index contributed by atoms with van der Waals surface area (Å²) in [6.07, 6.45) is 2.46. The molecule has 8 heteroatoms. The summed E-state index contributed by atoms with van der Waals surface area (Å²) in [7, 11) is -4.34. The molecule has 21 heavy (non-hydrogen) atoms. The van der Waals surface area contributed by atoms with E-state index < -0.39 is 38.0 Å². The zero-order chi connectivity index (χ0) is 15.8. The van der Waals surface area contributed by atoms with E-state index in [1.807, 2.05) is 13.0 Å². The first-order chi connectivity index (χ1) is 9.70. The summed E-state index contributed by atoms with van der Waals surface area (Å²) in [6.45, 7) is 2.58. The van der Waals surface area contributed by atoms with Crippen molar-refractivity contribution in [3.63, 3.8) is 0 Å². The van der Waals surface area contributed by atoms with Crippen molar-refractivity contribution >= 4 is 15.9 Å². The highest BCUT2D eigenvalue weighted by Crippen LogP contribution is 2.22. The van der Waals surface area contributed by atoms with Crippen LogP contribution in [0.4, 0.5) is 8.78 Å². The number of amides is 1. The van der Waals surface area contributed by atoms with Gasteiger partial charge in [-0.3, -0.25) is 4.79 Å². The monoisotopic (exact) mass is 316 g/mol. The Kier molecular flexibility index (Phi) is 4.11. The van der Waals surface area contributed by atoms with Crippen molar-refractivity contribution in [2.75, 3.05) is 13.1 Å². The minimum Gasteiger partial charge on any atom is -0.335 e. The van der Waals surface area contributed by atoms with Gasteiger partial charge in [-0.05, 0) is 25.5 Å². The number of primary sulfonamides is 1. The Balaban J connectivity index is 2.48. The molecule has 0 saturated carbocycles. The third-order valence-electron chi connectivity index (χ3n) is 3.28. The average Bonchev–Trinajstić information content (AvgIpc) is 2.40. The Hall–Kier alpha value is -1.80. The normalized spacial score (nSPS) is 15.8. The Morgan fingerprint density at radius 1 is 1.29 bits per heavy atom. The van der Waals surface area contributed by atoms with Crippen molar-refractivity contribution in [1.82, 2.24) is 4.90 Å². The number of sulfonamides is 1. The van der Waals surface area contributed by atoms with Crippen LogP contribution >= 0.6 is 0 Å². The van der Waals surface area contributed by atoms with Crippen LogP contribution in [0.5, 0.6) is 0 Å². The van der Waals surface area contributed by atoms with E-state index in [0.717, 1.165) is 5.57 Å². The second-order valence-corrected chi connectivity index (χ2v) is 6.39. The molecule has 1 aromatic rings. The lowest BCUT2D eigenvalue weighted by Gasteiger charge is -2.26. The predicted molar refractivity (Wildman–Crippen MR) is 72.0 cm³/mol. The van der Waals surface area contributed by atoms with Crippen LogP contribution in [0.2, 0.25) is 0 Å². The molecule has 0 spiro atoms. The fourth-order valence-corrected chi connectivity index (χ4v) is 2.78. The Morgan fingerprint density at radius 2 is 1.90 bits per heavy atom. The van der Waals surface area contributed by atoms with Gasteiger partial charge in [0.15, 0.2) is 11.6 Å². The van der Waals surface area contributed by atoms with Gasteiger partial charge < -0.3 is 4.90 Å². The van der Waals surface area contributed by atoms with Crippen molar-refractivity contribution in [1.29, 1.82) is 0 Å². The van der Waals surface area contributed by atoms with Crippen molar-refractivity contribution < 1.29 is 22.0 Å². The molecule has 114 valence electrons. The van der Waals surface area contributed by atoms with Gasteiger partial charge in [0.2, 0.25) is 10.0 Å². The van der Waals surface area contributed by atoms with E-state index >= 15 is 0 Å².